The number of nitrogens with zero attached hydrogens (tertiary/aromatic N) is 1. The molecule has 1 heterocycles. The molecule has 15 heavy (non-hydrogen) atoms. The van der Waals surface area contributed by atoms with E-state index in [1.807, 2.05) is 0 Å². The zero-order valence-corrected chi connectivity index (χ0v) is 8.22. The molecular weight excluding hydrogens is 190 g/mol. The standard InChI is InChI=1S/C12H13NO2/c1-2-5-13-11(14)9-7-3-4-8(6-7)10(9)12(13)15/h1,7-10H,3-6H2/t7-,8+,9-,10+/i3D,4D/t3?,4?,7-,8+,9-,10+. The van der Waals surface area contributed by atoms with E-state index < -0.39 is 12.8 Å². The van der Waals surface area contributed by atoms with E-state index in [0.717, 1.165) is 4.90 Å². The number of likely N-dealkylation sites (tertiary alicyclic amines) is 1. The summed E-state index contributed by atoms with van der Waals surface area (Å²) in [6.45, 7) is 0.0233. The van der Waals surface area contributed by atoms with Gasteiger partial charge in [0.15, 0.2) is 0 Å². The van der Waals surface area contributed by atoms with Gasteiger partial charge in [-0.15, -0.1) is 6.42 Å². The molecule has 3 aliphatic rings. The number of hydrogen-bond donors (Lipinski definition) is 0. The SMILES string of the molecule is [2H]C1C([2H])[C@@H]2C[C@H]1[C@@H]1C(=O)N(CC#C)C(=O)[C@@H]12. The third-order valence-corrected chi connectivity index (χ3v) is 3.81. The fourth-order valence-corrected chi connectivity index (χ4v) is 3.21. The summed E-state index contributed by atoms with van der Waals surface area (Å²) in [5, 5.41) is 0. The Labute approximate surface area is 91.6 Å². The predicted molar refractivity (Wildman–Crippen MR) is 53.4 cm³/mol. The fraction of sp³-hybridized carbons (Fsp3) is 0.667. The Morgan fingerprint density at radius 3 is 2.33 bits per heavy atom. The van der Waals surface area contributed by atoms with Crippen LogP contribution in [0, 0.1) is 36.0 Å². The number of fused-ring (bicyclic) bond motifs is 5. The van der Waals surface area contributed by atoms with Crippen molar-refractivity contribution in [3.63, 3.8) is 0 Å². The van der Waals surface area contributed by atoms with E-state index in [0.29, 0.717) is 6.42 Å². The maximum Gasteiger partial charge on any atom is 0.234 e. The molecule has 0 aromatic carbocycles. The van der Waals surface area contributed by atoms with Crippen molar-refractivity contribution in [1.82, 2.24) is 4.90 Å². The first kappa shape index (κ1) is 7.05. The maximum atomic E-state index is 12.1. The molecule has 0 radical (unpaired) electrons. The highest BCUT2D eigenvalue weighted by molar-refractivity contribution is 6.06. The quantitative estimate of drug-likeness (QED) is 0.465. The topological polar surface area (TPSA) is 37.4 Å². The zero-order valence-electron chi connectivity index (χ0n) is 10.2. The number of rotatable bonds is 1. The lowest BCUT2D eigenvalue weighted by molar-refractivity contribution is -0.139. The summed E-state index contributed by atoms with van der Waals surface area (Å²) in [7, 11) is 0. The number of amides is 2. The monoisotopic (exact) mass is 205 g/mol. The van der Waals surface area contributed by atoms with E-state index in [4.69, 9.17) is 9.16 Å². The van der Waals surface area contributed by atoms with Gasteiger partial charge in [0.1, 0.15) is 0 Å². The Hall–Kier alpha value is -1.30. The molecule has 78 valence electrons. The number of imide groups is 1. The van der Waals surface area contributed by atoms with Crippen molar-refractivity contribution < 1.29 is 12.3 Å². The molecule has 6 atom stereocenters. The summed E-state index contributed by atoms with van der Waals surface area (Å²) in [5.41, 5.74) is 0. The van der Waals surface area contributed by atoms with Crippen LogP contribution in [0.25, 0.3) is 0 Å². The van der Waals surface area contributed by atoms with E-state index in [9.17, 15) is 9.59 Å². The second-order valence-electron chi connectivity index (χ2n) is 4.47. The van der Waals surface area contributed by atoms with Crippen molar-refractivity contribution in [3.8, 4) is 12.3 Å². The molecular formula is C12H13NO2. The molecule has 2 aliphatic carbocycles. The summed E-state index contributed by atoms with van der Waals surface area (Å²) >= 11 is 0. The molecule has 3 heteroatoms. The summed E-state index contributed by atoms with van der Waals surface area (Å²) < 4.78 is 15.8. The lowest BCUT2D eigenvalue weighted by Crippen LogP contribution is -2.33. The van der Waals surface area contributed by atoms with Gasteiger partial charge in [-0.2, -0.15) is 0 Å². The molecule has 3 nitrogen and oxygen atoms in total. The van der Waals surface area contributed by atoms with E-state index in [1.165, 1.54) is 0 Å². The van der Waals surface area contributed by atoms with Crippen molar-refractivity contribution in [2.24, 2.45) is 23.7 Å². The van der Waals surface area contributed by atoms with Gasteiger partial charge in [0.05, 0.1) is 18.4 Å². The first-order chi connectivity index (χ1) is 8.07. The molecule has 2 bridgehead atoms. The second-order valence-corrected chi connectivity index (χ2v) is 4.47. The number of carbonyl (C=O) groups is 2. The summed E-state index contributed by atoms with van der Waals surface area (Å²) in [6, 6.07) is 0. The minimum absolute atomic E-state index is 0.0233. The maximum absolute atomic E-state index is 12.1. The molecule has 0 spiro atoms. The Balaban J connectivity index is 1.96. The van der Waals surface area contributed by atoms with Crippen LogP contribution < -0.4 is 0 Å². The molecule has 3 fully saturated rings. The molecule has 0 aromatic rings. The summed E-state index contributed by atoms with van der Waals surface area (Å²) in [4.78, 5) is 25.3. The van der Waals surface area contributed by atoms with E-state index in [1.54, 1.807) is 0 Å². The van der Waals surface area contributed by atoms with Gasteiger partial charge >= 0.3 is 0 Å². The zero-order chi connectivity index (χ0) is 12.3. The van der Waals surface area contributed by atoms with E-state index >= 15 is 0 Å². The third-order valence-electron chi connectivity index (χ3n) is 3.81. The van der Waals surface area contributed by atoms with Gasteiger partial charge in [0, 0.05) is 2.74 Å². The third kappa shape index (κ3) is 0.971. The van der Waals surface area contributed by atoms with Crippen LogP contribution >= 0.6 is 0 Å². The summed E-state index contributed by atoms with van der Waals surface area (Å²) in [5.74, 6) is 0.918. The van der Waals surface area contributed by atoms with Crippen LogP contribution in [0.3, 0.4) is 0 Å². The van der Waals surface area contributed by atoms with Gasteiger partial charge < -0.3 is 0 Å². The Morgan fingerprint density at radius 1 is 1.33 bits per heavy atom. The van der Waals surface area contributed by atoms with Gasteiger partial charge in [0.2, 0.25) is 11.8 Å². The van der Waals surface area contributed by atoms with Crippen molar-refractivity contribution in [2.45, 2.75) is 19.2 Å². The van der Waals surface area contributed by atoms with Gasteiger partial charge in [-0.1, -0.05) is 5.92 Å². The van der Waals surface area contributed by atoms with Crippen LogP contribution in [-0.4, -0.2) is 23.3 Å². The molecule has 3 rings (SSSR count). The molecule has 2 amide bonds. The highest BCUT2D eigenvalue weighted by Gasteiger charge is 2.60. The number of terminal acetylenes is 1. The first-order valence-corrected chi connectivity index (χ1v) is 5.21. The average molecular weight is 205 g/mol. The molecule has 2 saturated carbocycles. The minimum atomic E-state index is -0.524. The van der Waals surface area contributed by atoms with Crippen molar-refractivity contribution in [3.05, 3.63) is 0 Å². The molecule has 1 aliphatic heterocycles. The van der Waals surface area contributed by atoms with E-state index in [-0.39, 0.29) is 42.0 Å². The van der Waals surface area contributed by atoms with Crippen LogP contribution in [0.15, 0.2) is 0 Å². The van der Waals surface area contributed by atoms with Gasteiger partial charge in [-0.25, -0.2) is 0 Å². The predicted octanol–water partition coefficient (Wildman–Crippen LogP) is 0.651. The largest absolute Gasteiger partial charge is 0.274 e. The molecule has 0 aromatic heterocycles. The second kappa shape index (κ2) is 2.85. The van der Waals surface area contributed by atoms with E-state index in [2.05, 4.69) is 5.92 Å². The molecule has 0 N–H and O–H groups in total. The van der Waals surface area contributed by atoms with Crippen LogP contribution in [0.1, 0.15) is 22.0 Å². The lowest BCUT2D eigenvalue weighted by Gasteiger charge is -2.19. The van der Waals surface area contributed by atoms with Gasteiger partial charge in [-0.05, 0) is 31.1 Å². The minimum Gasteiger partial charge on any atom is -0.274 e. The number of carbonyl (C=O) groups excluding carboxylic acids is 2. The van der Waals surface area contributed by atoms with Gasteiger partial charge in [0.25, 0.3) is 0 Å². The molecule has 2 unspecified atom stereocenters. The van der Waals surface area contributed by atoms with Crippen molar-refractivity contribution >= 4 is 11.8 Å². The van der Waals surface area contributed by atoms with Crippen LogP contribution in [-0.2, 0) is 9.59 Å². The Morgan fingerprint density at radius 2 is 1.87 bits per heavy atom. The van der Waals surface area contributed by atoms with Gasteiger partial charge in [-0.3, -0.25) is 14.5 Å². The summed E-state index contributed by atoms with van der Waals surface area (Å²) in [6.07, 6.45) is 4.78. The molecule has 1 saturated heterocycles. The normalized spacial score (nSPS) is 53.9. The van der Waals surface area contributed by atoms with Crippen LogP contribution in [0.2, 0.25) is 0 Å². The van der Waals surface area contributed by atoms with Crippen molar-refractivity contribution in [1.29, 1.82) is 0 Å². The number of hydrogen-bond acceptors (Lipinski definition) is 2. The highest BCUT2D eigenvalue weighted by atomic mass is 16.2. The Kier molecular flexibility index (Phi) is 1.34. The van der Waals surface area contributed by atoms with Crippen LogP contribution in [0.4, 0.5) is 0 Å². The lowest BCUT2D eigenvalue weighted by atomic mass is 9.81. The fourth-order valence-electron chi connectivity index (χ4n) is 3.21. The van der Waals surface area contributed by atoms with Crippen molar-refractivity contribution in [2.75, 3.05) is 6.54 Å². The Bertz CT molecular complexity index is 412. The first-order valence-electron chi connectivity index (χ1n) is 6.36. The smallest absolute Gasteiger partial charge is 0.234 e. The van der Waals surface area contributed by atoms with Crippen LogP contribution in [0.5, 0.6) is 0 Å². The average Bonchev–Trinajstić information content (AvgIpc) is 2.89. The highest BCUT2D eigenvalue weighted by Crippen LogP contribution is 2.55.